The van der Waals surface area contributed by atoms with Gasteiger partial charge in [-0.25, -0.2) is 4.79 Å². The van der Waals surface area contributed by atoms with Crippen molar-refractivity contribution >= 4 is 11.7 Å². The zero-order valence-corrected chi connectivity index (χ0v) is 9.57. The number of aryl methyl sites for hydroxylation is 2. The maximum absolute atomic E-state index is 11.7. The van der Waals surface area contributed by atoms with Crippen LogP contribution in [0, 0.1) is 6.92 Å². The fraction of sp³-hybridized carbons (Fsp3) is 0.600. The Hall–Kier alpha value is -1.52. The van der Waals surface area contributed by atoms with Crippen molar-refractivity contribution in [3.05, 3.63) is 11.4 Å². The van der Waals surface area contributed by atoms with Crippen LogP contribution in [0.5, 0.6) is 0 Å². The molecule has 0 aliphatic heterocycles. The van der Waals surface area contributed by atoms with Gasteiger partial charge in [0.25, 0.3) is 0 Å². The van der Waals surface area contributed by atoms with Crippen LogP contribution < -0.4 is 5.73 Å². The Balaban J connectivity index is 3.06. The first-order chi connectivity index (χ1) is 6.97. The zero-order valence-electron chi connectivity index (χ0n) is 9.57. The third-order valence-electron chi connectivity index (χ3n) is 2.01. The molecular weight excluding hydrogens is 194 g/mol. The number of rotatable bonds is 3. The number of nitrogens with zero attached hydrogens (tertiary/aromatic N) is 2. The van der Waals surface area contributed by atoms with Crippen molar-refractivity contribution in [2.75, 3.05) is 5.73 Å². The molecule has 1 rings (SSSR count). The molecule has 0 atom stereocenters. The van der Waals surface area contributed by atoms with Crippen molar-refractivity contribution in [3.63, 3.8) is 0 Å². The van der Waals surface area contributed by atoms with Gasteiger partial charge in [0.05, 0.1) is 17.5 Å². The number of hydrogen-bond acceptors (Lipinski definition) is 4. The lowest BCUT2D eigenvalue weighted by Gasteiger charge is -2.09. The molecule has 0 aromatic carbocycles. The fourth-order valence-corrected chi connectivity index (χ4v) is 1.31. The van der Waals surface area contributed by atoms with Crippen molar-refractivity contribution in [2.24, 2.45) is 0 Å². The van der Waals surface area contributed by atoms with Gasteiger partial charge in [-0.05, 0) is 27.7 Å². The first kappa shape index (κ1) is 11.6. The van der Waals surface area contributed by atoms with E-state index in [1.54, 1.807) is 25.5 Å². The van der Waals surface area contributed by atoms with E-state index in [9.17, 15) is 4.79 Å². The van der Waals surface area contributed by atoms with Crippen LogP contribution in [-0.4, -0.2) is 21.9 Å². The molecule has 0 spiro atoms. The Morgan fingerprint density at radius 2 is 2.20 bits per heavy atom. The predicted molar refractivity (Wildman–Crippen MR) is 57.6 cm³/mol. The minimum Gasteiger partial charge on any atom is -0.458 e. The number of nitrogens with two attached hydrogens (primary N) is 1. The van der Waals surface area contributed by atoms with Gasteiger partial charge >= 0.3 is 5.97 Å². The Kier molecular flexibility index (Phi) is 3.34. The molecule has 5 heteroatoms. The normalized spacial score (nSPS) is 10.7. The third-order valence-corrected chi connectivity index (χ3v) is 2.01. The van der Waals surface area contributed by atoms with Gasteiger partial charge < -0.3 is 10.5 Å². The van der Waals surface area contributed by atoms with Crippen molar-refractivity contribution in [2.45, 2.75) is 40.3 Å². The van der Waals surface area contributed by atoms with Gasteiger partial charge in [-0.2, -0.15) is 5.10 Å². The highest BCUT2D eigenvalue weighted by Gasteiger charge is 2.20. The van der Waals surface area contributed by atoms with E-state index < -0.39 is 5.97 Å². The number of carbonyl (C=O) groups excluding carboxylic acids is 1. The molecule has 0 aliphatic rings. The van der Waals surface area contributed by atoms with E-state index in [-0.39, 0.29) is 6.10 Å². The lowest BCUT2D eigenvalue weighted by Crippen LogP contribution is -2.17. The number of carbonyl (C=O) groups is 1. The van der Waals surface area contributed by atoms with Crippen molar-refractivity contribution < 1.29 is 9.53 Å². The third kappa shape index (κ3) is 2.29. The molecule has 0 unspecified atom stereocenters. The van der Waals surface area contributed by atoms with Crippen LogP contribution >= 0.6 is 0 Å². The highest BCUT2D eigenvalue weighted by Crippen LogP contribution is 2.17. The Bertz CT molecular complexity index is 369. The molecule has 0 aliphatic carbocycles. The lowest BCUT2D eigenvalue weighted by atomic mass is 10.3. The van der Waals surface area contributed by atoms with Gasteiger partial charge in [-0.1, -0.05) is 0 Å². The molecular formula is C10H17N3O2. The summed E-state index contributed by atoms with van der Waals surface area (Å²) in [5, 5.41) is 4.15. The topological polar surface area (TPSA) is 70.1 Å². The summed E-state index contributed by atoms with van der Waals surface area (Å²) in [6, 6.07) is 0. The second-order valence-electron chi connectivity index (χ2n) is 3.62. The highest BCUT2D eigenvalue weighted by atomic mass is 16.5. The predicted octanol–water partition coefficient (Wildman–Crippen LogP) is 1.36. The van der Waals surface area contributed by atoms with Crippen LogP contribution in [0.25, 0.3) is 0 Å². The molecule has 0 saturated carbocycles. The number of hydrogen-bond donors (Lipinski definition) is 1. The van der Waals surface area contributed by atoms with Crippen LogP contribution in [0.15, 0.2) is 0 Å². The summed E-state index contributed by atoms with van der Waals surface area (Å²) in [4.78, 5) is 11.7. The maximum Gasteiger partial charge on any atom is 0.359 e. The van der Waals surface area contributed by atoms with E-state index in [1.165, 1.54) is 0 Å². The summed E-state index contributed by atoms with van der Waals surface area (Å²) in [5.41, 5.74) is 7.19. The van der Waals surface area contributed by atoms with Crippen molar-refractivity contribution in [1.29, 1.82) is 0 Å². The Labute approximate surface area is 89.2 Å². The van der Waals surface area contributed by atoms with Crippen LogP contribution in [0.4, 0.5) is 5.69 Å². The van der Waals surface area contributed by atoms with E-state index in [2.05, 4.69) is 5.10 Å². The average Bonchev–Trinajstić information content (AvgIpc) is 2.41. The molecule has 0 bridgehead atoms. The van der Waals surface area contributed by atoms with Gasteiger partial charge in [0.2, 0.25) is 0 Å². The summed E-state index contributed by atoms with van der Waals surface area (Å²) in [7, 11) is 0. The first-order valence-corrected chi connectivity index (χ1v) is 5.01. The average molecular weight is 211 g/mol. The Morgan fingerprint density at radius 1 is 1.60 bits per heavy atom. The summed E-state index contributed by atoms with van der Waals surface area (Å²) >= 11 is 0. The van der Waals surface area contributed by atoms with Gasteiger partial charge in [-0.15, -0.1) is 0 Å². The fourth-order valence-electron chi connectivity index (χ4n) is 1.31. The molecule has 1 aromatic rings. The molecule has 84 valence electrons. The second kappa shape index (κ2) is 4.33. The van der Waals surface area contributed by atoms with E-state index in [1.807, 2.05) is 6.92 Å². The van der Waals surface area contributed by atoms with Gasteiger partial charge in [0.15, 0.2) is 5.69 Å². The number of anilines is 1. The van der Waals surface area contributed by atoms with Crippen molar-refractivity contribution in [3.8, 4) is 0 Å². The smallest absolute Gasteiger partial charge is 0.359 e. The highest BCUT2D eigenvalue weighted by molar-refractivity contribution is 5.93. The Morgan fingerprint density at radius 3 is 2.67 bits per heavy atom. The van der Waals surface area contributed by atoms with E-state index in [0.717, 1.165) is 0 Å². The van der Waals surface area contributed by atoms with E-state index >= 15 is 0 Å². The monoisotopic (exact) mass is 211 g/mol. The largest absolute Gasteiger partial charge is 0.458 e. The quantitative estimate of drug-likeness (QED) is 0.766. The van der Waals surface area contributed by atoms with E-state index in [0.29, 0.717) is 23.6 Å². The maximum atomic E-state index is 11.7. The molecule has 1 aromatic heterocycles. The number of aromatic nitrogens is 2. The molecule has 15 heavy (non-hydrogen) atoms. The molecule has 0 fully saturated rings. The van der Waals surface area contributed by atoms with Crippen LogP contribution in [0.1, 0.15) is 37.0 Å². The number of ether oxygens (including phenoxy) is 1. The van der Waals surface area contributed by atoms with Gasteiger partial charge in [-0.3, -0.25) is 4.68 Å². The lowest BCUT2D eigenvalue weighted by molar-refractivity contribution is 0.0365. The molecule has 2 N–H and O–H groups in total. The van der Waals surface area contributed by atoms with Crippen LogP contribution in [-0.2, 0) is 11.3 Å². The zero-order chi connectivity index (χ0) is 11.6. The number of nitrogen functional groups attached to an aromatic ring is 1. The van der Waals surface area contributed by atoms with Crippen LogP contribution in [0.3, 0.4) is 0 Å². The molecule has 0 radical (unpaired) electrons. The molecule has 0 saturated heterocycles. The SMILES string of the molecule is CCn1nc(C)c(N)c1C(=O)OC(C)C. The number of esters is 1. The second-order valence-corrected chi connectivity index (χ2v) is 3.62. The van der Waals surface area contributed by atoms with Gasteiger partial charge in [0, 0.05) is 6.54 Å². The minimum absolute atomic E-state index is 0.155. The summed E-state index contributed by atoms with van der Waals surface area (Å²) in [6.07, 6.45) is -0.155. The molecule has 5 nitrogen and oxygen atoms in total. The minimum atomic E-state index is -0.412. The van der Waals surface area contributed by atoms with Crippen molar-refractivity contribution in [1.82, 2.24) is 9.78 Å². The standard InChI is InChI=1S/C10H17N3O2/c1-5-13-9(8(11)7(4)12-13)10(14)15-6(2)3/h6H,5,11H2,1-4H3. The summed E-state index contributed by atoms with van der Waals surface area (Å²) in [5.74, 6) is -0.412. The first-order valence-electron chi connectivity index (χ1n) is 5.01. The summed E-state index contributed by atoms with van der Waals surface area (Å²) < 4.78 is 6.66. The summed E-state index contributed by atoms with van der Waals surface area (Å²) in [6.45, 7) is 7.87. The van der Waals surface area contributed by atoms with Crippen LogP contribution in [0.2, 0.25) is 0 Å². The molecule has 0 amide bonds. The van der Waals surface area contributed by atoms with E-state index in [4.69, 9.17) is 10.5 Å². The van der Waals surface area contributed by atoms with Gasteiger partial charge in [0.1, 0.15) is 0 Å². The molecule has 1 heterocycles.